The average Bonchev–Trinajstić information content (AvgIpc) is 2.93. The summed E-state index contributed by atoms with van der Waals surface area (Å²) in [5.74, 6) is 0.207. The average molecular weight is 643 g/mol. The third kappa shape index (κ3) is 8.64. The van der Waals surface area contributed by atoms with Gasteiger partial charge in [0.05, 0.1) is 35.9 Å². The molecule has 1 unspecified atom stereocenters. The monoisotopic (exact) mass is 641 g/mol. The van der Waals surface area contributed by atoms with Crippen LogP contribution in [0.2, 0.25) is 10.0 Å². The molecule has 44 heavy (non-hydrogen) atoms. The van der Waals surface area contributed by atoms with E-state index in [1.54, 1.807) is 6.20 Å². The second kappa shape index (κ2) is 14.1. The van der Waals surface area contributed by atoms with E-state index < -0.39 is 17.7 Å². The Kier molecular flexibility index (Phi) is 10.9. The van der Waals surface area contributed by atoms with E-state index in [1.165, 1.54) is 0 Å². The highest BCUT2D eigenvalue weighted by Gasteiger charge is 2.37. The molecule has 0 spiro atoms. The lowest BCUT2D eigenvalue weighted by molar-refractivity contribution is -0.171. The zero-order chi connectivity index (χ0) is 32.2. The minimum atomic E-state index is -0.950. The van der Waals surface area contributed by atoms with Crippen LogP contribution in [0.1, 0.15) is 84.2 Å². The van der Waals surface area contributed by atoms with E-state index in [0.29, 0.717) is 28.8 Å². The molecule has 2 aromatic heterocycles. The molecule has 1 aromatic carbocycles. The molecule has 0 saturated carbocycles. The molecular weight excluding hydrogens is 597 g/mol. The van der Waals surface area contributed by atoms with Gasteiger partial charge >= 0.3 is 5.97 Å². The lowest BCUT2D eigenvalue weighted by Gasteiger charge is -2.41. The van der Waals surface area contributed by atoms with Crippen molar-refractivity contribution < 1.29 is 19.0 Å². The van der Waals surface area contributed by atoms with Crippen molar-refractivity contribution in [3.05, 3.63) is 69.6 Å². The van der Waals surface area contributed by atoms with Gasteiger partial charge in [-0.3, -0.25) is 9.97 Å². The minimum Gasteiger partial charge on any atom is -0.492 e. The lowest BCUT2D eigenvalue weighted by atomic mass is 9.82. The number of pyridine rings is 2. The number of esters is 1. The van der Waals surface area contributed by atoms with Gasteiger partial charge in [0.15, 0.2) is 6.10 Å². The summed E-state index contributed by atoms with van der Waals surface area (Å²) in [7, 11) is 0. The first-order valence-corrected chi connectivity index (χ1v) is 16.1. The van der Waals surface area contributed by atoms with Crippen LogP contribution in [0, 0.1) is 12.3 Å². The summed E-state index contributed by atoms with van der Waals surface area (Å²) >= 11 is 12.6. The standard InChI is InChI=1S/C35H45Cl2N3O4/c1-22(2)43-33(41)32(44-34(4,5)6)30-23(3)38-21-26(31(30)40-17-15-35(7,8)16-18-40)29-13-12-24(20-39-29)42-19-14-25-27(36)10-9-11-28(25)37/h9-13,20-22,32H,14-19H2,1-8H3. The van der Waals surface area contributed by atoms with Gasteiger partial charge in [-0.2, -0.15) is 0 Å². The maximum Gasteiger partial charge on any atom is 0.340 e. The lowest BCUT2D eigenvalue weighted by Crippen LogP contribution is -2.39. The molecule has 238 valence electrons. The number of benzene rings is 1. The van der Waals surface area contributed by atoms with E-state index in [0.717, 1.165) is 59.7 Å². The van der Waals surface area contributed by atoms with Crippen molar-refractivity contribution in [1.82, 2.24) is 9.97 Å². The van der Waals surface area contributed by atoms with E-state index >= 15 is 0 Å². The number of aryl methyl sites for hydroxylation is 1. The predicted octanol–water partition coefficient (Wildman–Crippen LogP) is 8.81. The van der Waals surface area contributed by atoms with Crippen LogP contribution in [0.25, 0.3) is 11.3 Å². The van der Waals surface area contributed by atoms with Crippen LogP contribution in [0.3, 0.4) is 0 Å². The van der Waals surface area contributed by atoms with Gasteiger partial charge in [-0.25, -0.2) is 4.79 Å². The number of halogens is 2. The quantitative estimate of drug-likeness (QED) is 0.205. The third-order valence-electron chi connectivity index (χ3n) is 7.71. The topological polar surface area (TPSA) is 73.8 Å². The van der Waals surface area contributed by atoms with Crippen LogP contribution >= 0.6 is 23.2 Å². The molecule has 0 amide bonds. The van der Waals surface area contributed by atoms with Crippen LogP contribution < -0.4 is 9.64 Å². The number of anilines is 1. The fourth-order valence-corrected chi connectivity index (χ4v) is 5.91. The van der Waals surface area contributed by atoms with E-state index in [2.05, 4.69) is 18.7 Å². The first-order valence-electron chi connectivity index (χ1n) is 15.3. The van der Waals surface area contributed by atoms with Crippen molar-refractivity contribution in [3.8, 4) is 17.0 Å². The zero-order valence-corrected chi connectivity index (χ0v) is 28.7. The summed E-state index contributed by atoms with van der Waals surface area (Å²) in [4.78, 5) is 25.5. The number of ether oxygens (including phenoxy) is 3. The van der Waals surface area contributed by atoms with Crippen LogP contribution in [0.5, 0.6) is 5.75 Å². The smallest absolute Gasteiger partial charge is 0.340 e. The van der Waals surface area contributed by atoms with Gasteiger partial charge in [-0.15, -0.1) is 0 Å². The molecular formula is C35H45Cl2N3O4. The maximum atomic E-state index is 13.6. The molecule has 0 N–H and O–H groups in total. The van der Waals surface area contributed by atoms with Gasteiger partial charge in [-0.1, -0.05) is 43.1 Å². The maximum absolute atomic E-state index is 13.6. The molecule has 1 fully saturated rings. The number of rotatable bonds is 10. The molecule has 7 nitrogen and oxygen atoms in total. The van der Waals surface area contributed by atoms with Crippen LogP contribution in [0.4, 0.5) is 5.69 Å². The second-order valence-corrected chi connectivity index (χ2v) is 14.3. The number of hydrogen-bond acceptors (Lipinski definition) is 7. The van der Waals surface area contributed by atoms with E-state index in [-0.39, 0.29) is 11.5 Å². The van der Waals surface area contributed by atoms with Crippen molar-refractivity contribution in [2.45, 2.75) is 92.5 Å². The molecule has 0 radical (unpaired) electrons. The number of carbonyl (C=O) groups excluding carboxylic acids is 1. The zero-order valence-electron chi connectivity index (χ0n) is 27.2. The number of carbonyl (C=O) groups is 1. The van der Waals surface area contributed by atoms with Crippen LogP contribution in [-0.4, -0.2) is 47.3 Å². The Bertz CT molecular complexity index is 1420. The molecule has 4 rings (SSSR count). The molecule has 1 saturated heterocycles. The highest BCUT2D eigenvalue weighted by Crippen LogP contribution is 2.43. The van der Waals surface area contributed by atoms with Crippen LogP contribution in [-0.2, 0) is 20.7 Å². The second-order valence-electron chi connectivity index (χ2n) is 13.4. The Morgan fingerprint density at radius 3 is 2.25 bits per heavy atom. The Labute approximate surface area is 272 Å². The first kappa shape index (κ1) is 34.0. The Hall–Kier alpha value is -2.87. The SMILES string of the molecule is Cc1ncc(-c2ccc(OCCc3c(Cl)cccc3Cl)cn2)c(N2CCC(C)(C)CC2)c1C(OC(C)(C)C)C(=O)OC(C)C. The molecule has 0 aliphatic carbocycles. The summed E-state index contributed by atoms with van der Waals surface area (Å²) in [6.07, 6.45) is 4.93. The largest absolute Gasteiger partial charge is 0.492 e. The van der Waals surface area contributed by atoms with Gasteiger partial charge in [0.1, 0.15) is 5.75 Å². The van der Waals surface area contributed by atoms with E-state index in [1.807, 2.05) is 78.1 Å². The minimum absolute atomic E-state index is 0.238. The summed E-state index contributed by atoms with van der Waals surface area (Å²) in [5.41, 5.74) is 4.42. The molecule has 1 atom stereocenters. The normalized spacial score (nSPS) is 15.8. The predicted molar refractivity (Wildman–Crippen MR) is 178 cm³/mol. The van der Waals surface area contributed by atoms with Gasteiger partial charge in [0, 0.05) is 52.6 Å². The fraction of sp³-hybridized carbons (Fsp3) is 0.514. The number of aromatic nitrogens is 2. The van der Waals surface area contributed by atoms with Crippen molar-refractivity contribution >= 4 is 34.9 Å². The number of hydrogen-bond donors (Lipinski definition) is 0. The third-order valence-corrected chi connectivity index (χ3v) is 8.42. The van der Waals surface area contributed by atoms with Crippen molar-refractivity contribution in [3.63, 3.8) is 0 Å². The van der Waals surface area contributed by atoms with Gasteiger partial charge in [-0.05, 0) is 89.6 Å². The summed E-state index contributed by atoms with van der Waals surface area (Å²) in [5, 5.41) is 1.24. The van der Waals surface area contributed by atoms with Crippen molar-refractivity contribution in [2.75, 3.05) is 24.6 Å². The Morgan fingerprint density at radius 1 is 1.02 bits per heavy atom. The summed E-state index contributed by atoms with van der Waals surface area (Å²) < 4.78 is 18.2. The molecule has 3 heterocycles. The highest BCUT2D eigenvalue weighted by atomic mass is 35.5. The molecule has 1 aliphatic rings. The molecule has 9 heteroatoms. The molecule has 1 aliphatic heterocycles. The van der Waals surface area contributed by atoms with Gasteiger partial charge < -0.3 is 19.1 Å². The Balaban J connectivity index is 1.71. The Morgan fingerprint density at radius 2 is 1.68 bits per heavy atom. The van der Waals surface area contributed by atoms with Crippen LogP contribution in [0.15, 0.2) is 42.7 Å². The van der Waals surface area contributed by atoms with Crippen molar-refractivity contribution in [2.24, 2.45) is 5.41 Å². The number of nitrogens with zero attached hydrogens (tertiary/aromatic N) is 3. The summed E-state index contributed by atoms with van der Waals surface area (Å²) in [6.45, 7) is 18.1. The first-order chi connectivity index (χ1) is 20.6. The van der Waals surface area contributed by atoms with E-state index in [4.69, 9.17) is 47.4 Å². The van der Waals surface area contributed by atoms with E-state index in [9.17, 15) is 4.79 Å². The molecule has 0 bridgehead atoms. The van der Waals surface area contributed by atoms with Gasteiger partial charge in [0.25, 0.3) is 0 Å². The van der Waals surface area contributed by atoms with Gasteiger partial charge in [0.2, 0.25) is 0 Å². The number of piperidine rings is 1. The summed E-state index contributed by atoms with van der Waals surface area (Å²) in [6, 6.07) is 9.30. The highest BCUT2D eigenvalue weighted by molar-refractivity contribution is 6.36. The molecule has 3 aromatic rings. The fourth-order valence-electron chi connectivity index (χ4n) is 5.33. The van der Waals surface area contributed by atoms with Crippen molar-refractivity contribution in [1.29, 1.82) is 0 Å².